The van der Waals surface area contributed by atoms with Crippen LogP contribution in [0, 0.1) is 0 Å². The quantitative estimate of drug-likeness (QED) is 0.742. The van der Waals surface area contributed by atoms with Gasteiger partial charge in [-0.3, -0.25) is 10.00 Å². The number of aromatic amines is 1. The van der Waals surface area contributed by atoms with Crippen LogP contribution in [0.1, 0.15) is 30.1 Å². The van der Waals surface area contributed by atoms with Crippen LogP contribution in [0.4, 0.5) is 11.8 Å². The summed E-state index contributed by atoms with van der Waals surface area (Å²) in [7, 11) is 0. The van der Waals surface area contributed by atoms with E-state index in [0.29, 0.717) is 30.8 Å². The Kier molecular flexibility index (Phi) is 4.07. The van der Waals surface area contributed by atoms with Crippen molar-refractivity contribution in [1.82, 2.24) is 25.1 Å². The van der Waals surface area contributed by atoms with E-state index in [9.17, 15) is 5.11 Å². The van der Waals surface area contributed by atoms with Gasteiger partial charge in [-0.1, -0.05) is 0 Å². The number of hydrogen-bond acceptors (Lipinski definition) is 7. The van der Waals surface area contributed by atoms with Crippen LogP contribution >= 0.6 is 0 Å². The van der Waals surface area contributed by atoms with Crippen LogP contribution in [0.25, 0.3) is 0 Å². The third kappa shape index (κ3) is 3.49. The highest BCUT2D eigenvalue weighted by Crippen LogP contribution is 2.39. The monoisotopic (exact) mass is 329 g/mol. The van der Waals surface area contributed by atoms with Gasteiger partial charge in [-0.05, 0) is 25.0 Å². The van der Waals surface area contributed by atoms with Crippen molar-refractivity contribution < 1.29 is 5.11 Å². The van der Waals surface area contributed by atoms with E-state index >= 15 is 0 Å². The van der Waals surface area contributed by atoms with Gasteiger partial charge in [-0.25, -0.2) is 4.98 Å². The van der Waals surface area contributed by atoms with E-state index in [1.807, 2.05) is 4.90 Å². The van der Waals surface area contributed by atoms with E-state index in [0.717, 1.165) is 25.3 Å². The smallest absolute Gasteiger partial charge is 0.227 e. The van der Waals surface area contributed by atoms with Gasteiger partial charge in [-0.2, -0.15) is 10.1 Å². The number of nitrogen functional groups attached to an aromatic ring is 1. The summed E-state index contributed by atoms with van der Waals surface area (Å²) in [5, 5.41) is 17.9. The summed E-state index contributed by atoms with van der Waals surface area (Å²) in [6.07, 6.45) is 3.70. The van der Waals surface area contributed by atoms with Crippen molar-refractivity contribution in [3.05, 3.63) is 29.7 Å². The van der Waals surface area contributed by atoms with Crippen LogP contribution in [-0.4, -0.2) is 62.5 Å². The highest BCUT2D eigenvalue weighted by atomic mass is 16.3. The third-order valence-electron chi connectivity index (χ3n) is 4.57. The molecule has 1 aliphatic carbocycles. The minimum Gasteiger partial charge on any atom is -0.390 e. The van der Waals surface area contributed by atoms with Crippen molar-refractivity contribution in [2.24, 2.45) is 0 Å². The van der Waals surface area contributed by atoms with Gasteiger partial charge in [0, 0.05) is 50.5 Å². The molecule has 8 nitrogen and oxygen atoms in total. The number of β-amino-alcohol motifs (C(OH)–C–C–N with tert-alkyl or cyclic N) is 1. The van der Waals surface area contributed by atoms with Crippen molar-refractivity contribution in [3.63, 3.8) is 0 Å². The Balaban J connectivity index is 1.41. The molecule has 0 spiro atoms. The summed E-state index contributed by atoms with van der Waals surface area (Å²) >= 11 is 0. The highest BCUT2D eigenvalue weighted by molar-refractivity contribution is 5.38. The molecule has 0 radical (unpaired) electrons. The zero-order valence-corrected chi connectivity index (χ0v) is 13.6. The van der Waals surface area contributed by atoms with Gasteiger partial charge in [0.05, 0.1) is 11.8 Å². The second kappa shape index (κ2) is 6.37. The highest BCUT2D eigenvalue weighted by Gasteiger charge is 2.27. The number of hydrogen-bond donors (Lipinski definition) is 3. The zero-order valence-electron chi connectivity index (χ0n) is 13.6. The van der Waals surface area contributed by atoms with Gasteiger partial charge in [0.2, 0.25) is 5.95 Å². The molecule has 24 heavy (non-hydrogen) atoms. The molecule has 1 aliphatic heterocycles. The Morgan fingerprint density at radius 1 is 1.29 bits per heavy atom. The molecule has 2 aromatic heterocycles. The molecular formula is C16H23N7O. The number of H-pyrrole nitrogens is 1. The Bertz CT molecular complexity index is 699. The lowest BCUT2D eigenvalue weighted by atomic mass is 10.2. The third-order valence-corrected chi connectivity index (χ3v) is 4.57. The standard InChI is InChI=1S/C16H23N7O/c17-15-3-4-18-16(19-15)23-6-5-22(9-13(24)10-23)8-12-7-14(21-20-12)11-1-2-11/h3-4,7,11,13,24H,1-2,5-6,8-10H2,(H,20,21)(H2,17,18,19). The Hall–Kier alpha value is -2.19. The molecule has 8 heteroatoms. The van der Waals surface area contributed by atoms with E-state index in [2.05, 4.69) is 31.1 Å². The normalized spacial score (nSPS) is 22.5. The Labute approximate surface area is 140 Å². The van der Waals surface area contributed by atoms with Gasteiger partial charge in [0.15, 0.2) is 0 Å². The molecule has 4 rings (SSSR count). The zero-order chi connectivity index (χ0) is 16.5. The average Bonchev–Trinajstić information content (AvgIpc) is 3.33. The van der Waals surface area contributed by atoms with E-state index < -0.39 is 6.10 Å². The van der Waals surface area contributed by atoms with Gasteiger partial charge in [-0.15, -0.1) is 0 Å². The average molecular weight is 329 g/mol. The molecule has 1 atom stereocenters. The summed E-state index contributed by atoms with van der Waals surface area (Å²) < 4.78 is 0. The van der Waals surface area contributed by atoms with E-state index in [1.54, 1.807) is 12.3 Å². The maximum Gasteiger partial charge on any atom is 0.227 e. The molecular weight excluding hydrogens is 306 g/mol. The van der Waals surface area contributed by atoms with Crippen LogP contribution in [-0.2, 0) is 6.54 Å². The lowest BCUT2D eigenvalue weighted by Gasteiger charge is -2.21. The lowest BCUT2D eigenvalue weighted by molar-refractivity contribution is 0.128. The molecule has 3 heterocycles. The van der Waals surface area contributed by atoms with E-state index in [4.69, 9.17) is 5.73 Å². The van der Waals surface area contributed by atoms with Crippen LogP contribution in [0.2, 0.25) is 0 Å². The molecule has 1 saturated heterocycles. The minimum absolute atomic E-state index is 0.445. The van der Waals surface area contributed by atoms with Crippen LogP contribution < -0.4 is 10.6 Å². The van der Waals surface area contributed by atoms with Gasteiger partial charge in [0.1, 0.15) is 5.82 Å². The van der Waals surface area contributed by atoms with Crippen molar-refractivity contribution in [3.8, 4) is 0 Å². The first-order valence-corrected chi connectivity index (χ1v) is 8.45. The number of nitrogens with two attached hydrogens (primary N) is 1. The second-order valence-electron chi connectivity index (χ2n) is 6.71. The second-order valence-corrected chi connectivity index (χ2v) is 6.71. The summed E-state index contributed by atoms with van der Waals surface area (Å²) in [6.45, 7) is 3.48. The largest absolute Gasteiger partial charge is 0.390 e. The fourth-order valence-corrected chi connectivity index (χ4v) is 3.18. The molecule has 1 saturated carbocycles. The first-order chi connectivity index (χ1) is 11.7. The molecule has 128 valence electrons. The van der Waals surface area contributed by atoms with E-state index in [-0.39, 0.29) is 0 Å². The van der Waals surface area contributed by atoms with Gasteiger partial charge in [0.25, 0.3) is 0 Å². The Morgan fingerprint density at radius 3 is 2.96 bits per heavy atom. The van der Waals surface area contributed by atoms with Crippen LogP contribution in [0.3, 0.4) is 0 Å². The number of aliphatic hydroxyl groups is 1. The molecule has 2 aliphatic rings. The fraction of sp³-hybridized carbons (Fsp3) is 0.562. The molecule has 0 aromatic carbocycles. The van der Waals surface area contributed by atoms with Crippen LogP contribution in [0.5, 0.6) is 0 Å². The van der Waals surface area contributed by atoms with Crippen LogP contribution in [0.15, 0.2) is 18.3 Å². The van der Waals surface area contributed by atoms with Crippen molar-refractivity contribution in [1.29, 1.82) is 0 Å². The van der Waals surface area contributed by atoms with Crippen molar-refractivity contribution >= 4 is 11.8 Å². The molecule has 2 aromatic rings. The molecule has 0 amide bonds. The van der Waals surface area contributed by atoms with Gasteiger partial charge >= 0.3 is 0 Å². The summed E-state index contributed by atoms with van der Waals surface area (Å²) in [4.78, 5) is 12.8. The summed E-state index contributed by atoms with van der Waals surface area (Å²) in [5.41, 5.74) is 8.02. The lowest BCUT2D eigenvalue weighted by Crippen LogP contribution is -2.34. The van der Waals surface area contributed by atoms with Crippen molar-refractivity contribution in [2.75, 3.05) is 36.8 Å². The number of aromatic nitrogens is 4. The maximum atomic E-state index is 10.3. The van der Waals surface area contributed by atoms with Gasteiger partial charge < -0.3 is 15.7 Å². The predicted molar refractivity (Wildman–Crippen MR) is 90.5 cm³/mol. The number of anilines is 2. The number of nitrogens with zero attached hydrogens (tertiary/aromatic N) is 5. The Morgan fingerprint density at radius 2 is 2.17 bits per heavy atom. The number of aliphatic hydroxyl groups excluding tert-OH is 1. The number of nitrogens with one attached hydrogen (secondary N) is 1. The fourth-order valence-electron chi connectivity index (χ4n) is 3.18. The first-order valence-electron chi connectivity index (χ1n) is 8.45. The molecule has 2 fully saturated rings. The van der Waals surface area contributed by atoms with Crippen molar-refractivity contribution in [2.45, 2.75) is 31.4 Å². The summed E-state index contributed by atoms with van der Waals surface area (Å²) in [6, 6.07) is 3.83. The number of rotatable bonds is 4. The molecule has 0 bridgehead atoms. The SMILES string of the molecule is Nc1ccnc(N2CCN(Cc3cc(C4CC4)n[nH]3)CC(O)C2)n1. The topological polar surface area (TPSA) is 107 Å². The van der Waals surface area contributed by atoms with E-state index in [1.165, 1.54) is 18.5 Å². The first kappa shape index (κ1) is 15.3. The molecule has 1 unspecified atom stereocenters. The predicted octanol–water partition coefficient (Wildman–Crippen LogP) is 0.342. The summed E-state index contributed by atoms with van der Waals surface area (Å²) in [5.74, 6) is 1.68. The maximum absolute atomic E-state index is 10.3. The molecule has 4 N–H and O–H groups in total. The minimum atomic E-state index is -0.455.